The van der Waals surface area contributed by atoms with E-state index in [1.807, 2.05) is 32.9 Å². The Kier molecular flexibility index (Phi) is 3.31. The highest BCUT2D eigenvalue weighted by molar-refractivity contribution is 6.00. The molecule has 0 unspecified atom stereocenters. The van der Waals surface area contributed by atoms with Gasteiger partial charge in [0.2, 0.25) is 5.88 Å². The lowest BCUT2D eigenvalue weighted by molar-refractivity contribution is 0.124. The number of aliphatic imine (C=N–C) groups is 1. The van der Waals surface area contributed by atoms with Gasteiger partial charge in [0.05, 0.1) is 5.56 Å². The molecule has 2 rings (SSSR count). The molecule has 0 saturated carbocycles. The Labute approximate surface area is 102 Å². The van der Waals surface area contributed by atoms with Crippen LogP contribution in [0.15, 0.2) is 23.3 Å². The quantitative estimate of drug-likeness (QED) is 0.849. The summed E-state index contributed by atoms with van der Waals surface area (Å²) >= 11 is 0. The second kappa shape index (κ2) is 4.73. The van der Waals surface area contributed by atoms with Crippen molar-refractivity contribution in [2.24, 2.45) is 4.99 Å². The highest BCUT2D eigenvalue weighted by Gasteiger charge is 2.18. The van der Waals surface area contributed by atoms with Gasteiger partial charge >= 0.3 is 0 Å². The Hall–Kier alpha value is -1.58. The topological polar surface area (TPSA) is 46.5 Å². The van der Waals surface area contributed by atoms with Crippen LogP contribution in [0.3, 0.4) is 0 Å². The van der Waals surface area contributed by atoms with Crippen molar-refractivity contribution < 1.29 is 4.74 Å². The van der Waals surface area contributed by atoms with Gasteiger partial charge < -0.3 is 10.1 Å². The first kappa shape index (κ1) is 11.9. The van der Waals surface area contributed by atoms with Gasteiger partial charge in [-0.1, -0.05) is 0 Å². The van der Waals surface area contributed by atoms with Gasteiger partial charge in [0.1, 0.15) is 11.4 Å². The minimum Gasteiger partial charge on any atom is -0.471 e. The maximum Gasteiger partial charge on any atom is 0.225 e. The standard InChI is InChI=1S/C13H19N3O/c1-13(2,3)17-12-10(6-4-7-16-12)11-14-8-5-9-15-11/h4,6-7H,5,8-9H2,1-3H3,(H,14,15). The smallest absolute Gasteiger partial charge is 0.225 e. The van der Waals surface area contributed by atoms with Crippen LogP contribution in [0.5, 0.6) is 5.88 Å². The average Bonchev–Trinajstić information content (AvgIpc) is 2.29. The van der Waals surface area contributed by atoms with Crippen molar-refractivity contribution in [3.63, 3.8) is 0 Å². The number of hydrogen-bond donors (Lipinski definition) is 1. The van der Waals surface area contributed by atoms with Crippen LogP contribution in [0.2, 0.25) is 0 Å². The Bertz CT molecular complexity index is 421. The molecular weight excluding hydrogens is 214 g/mol. The SMILES string of the molecule is CC(C)(C)Oc1ncccc1C1=NCCCN1. The molecular formula is C13H19N3O. The largest absolute Gasteiger partial charge is 0.471 e. The molecule has 1 aromatic rings. The first-order chi connectivity index (χ1) is 8.06. The van der Waals surface area contributed by atoms with Gasteiger partial charge in [-0.15, -0.1) is 0 Å². The van der Waals surface area contributed by atoms with Crippen molar-refractivity contribution in [1.29, 1.82) is 0 Å². The highest BCUT2D eigenvalue weighted by atomic mass is 16.5. The zero-order valence-electron chi connectivity index (χ0n) is 10.7. The van der Waals surface area contributed by atoms with Crippen molar-refractivity contribution in [2.75, 3.05) is 13.1 Å². The van der Waals surface area contributed by atoms with Gasteiger partial charge in [-0.2, -0.15) is 0 Å². The summed E-state index contributed by atoms with van der Waals surface area (Å²) in [6.45, 7) is 7.87. The molecule has 0 aromatic carbocycles. The van der Waals surface area contributed by atoms with Crippen LogP contribution < -0.4 is 10.1 Å². The fourth-order valence-electron chi connectivity index (χ4n) is 1.66. The summed E-state index contributed by atoms with van der Waals surface area (Å²) in [7, 11) is 0. The fourth-order valence-corrected chi connectivity index (χ4v) is 1.66. The predicted octanol–water partition coefficient (Wildman–Crippen LogP) is 2.00. The van der Waals surface area contributed by atoms with Gasteiger partial charge in [0.25, 0.3) is 0 Å². The summed E-state index contributed by atoms with van der Waals surface area (Å²) in [5.41, 5.74) is 0.695. The van der Waals surface area contributed by atoms with Crippen LogP contribution >= 0.6 is 0 Å². The van der Waals surface area contributed by atoms with Gasteiger partial charge in [-0.3, -0.25) is 4.99 Å². The number of amidine groups is 1. The number of nitrogens with one attached hydrogen (secondary N) is 1. The summed E-state index contributed by atoms with van der Waals surface area (Å²) in [4.78, 5) is 8.77. The molecule has 0 fully saturated rings. The second-order valence-corrected chi connectivity index (χ2v) is 5.08. The van der Waals surface area contributed by atoms with E-state index < -0.39 is 0 Å². The van der Waals surface area contributed by atoms with Crippen molar-refractivity contribution in [3.8, 4) is 5.88 Å². The van der Waals surface area contributed by atoms with Gasteiger partial charge in [-0.25, -0.2) is 4.98 Å². The zero-order chi connectivity index (χ0) is 12.3. The molecule has 1 N–H and O–H groups in total. The van der Waals surface area contributed by atoms with E-state index in [0.717, 1.165) is 30.9 Å². The fraction of sp³-hybridized carbons (Fsp3) is 0.538. The molecule has 1 aliphatic rings. The molecule has 2 heterocycles. The summed E-state index contributed by atoms with van der Waals surface area (Å²) in [6, 6.07) is 3.90. The molecule has 17 heavy (non-hydrogen) atoms. The third-order valence-electron chi connectivity index (χ3n) is 2.33. The van der Waals surface area contributed by atoms with E-state index >= 15 is 0 Å². The molecule has 0 radical (unpaired) electrons. The van der Waals surface area contributed by atoms with E-state index in [4.69, 9.17) is 4.74 Å². The van der Waals surface area contributed by atoms with Crippen molar-refractivity contribution in [2.45, 2.75) is 32.8 Å². The molecule has 0 bridgehead atoms. The van der Waals surface area contributed by atoms with E-state index in [2.05, 4.69) is 15.3 Å². The Morgan fingerprint density at radius 2 is 2.18 bits per heavy atom. The molecule has 92 valence electrons. The lowest BCUT2D eigenvalue weighted by atomic mass is 10.1. The van der Waals surface area contributed by atoms with Crippen LogP contribution in [-0.2, 0) is 0 Å². The number of pyridine rings is 1. The lowest BCUT2D eigenvalue weighted by Crippen LogP contribution is -2.32. The van der Waals surface area contributed by atoms with E-state index in [1.165, 1.54) is 0 Å². The van der Waals surface area contributed by atoms with Crippen LogP contribution in [0.25, 0.3) is 0 Å². The molecule has 0 amide bonds. The molecule has 4 heteroatoms. The van der Waals surface area contributed by atoms with Crippen LogP contribution in [0, 0.1) is 0 Å². The van der Waals surface area contributed by atoms with Gasteiger partial charge in [0, 0.05) is 19.3 Å². The van der Waals surface area contributed by atoms with E-state index in [0.29, 0.717) is 5.88 Å². The van der Waals surface area contributed by atoms with Crippen LogP contribution in [0.4, 0.5) is 0 Å². The summed E-state index contributed by atoms with van der Waals surface area (Å²) in [5.74, 6) is 1.54. The van der Waals surface area contributed by atoms with Crippen molar-refractivity contribution in [1.82, 2.24) is 10.3 Å². The molecule has 0 saturated heterocycles. The summed E-state index contributed by atoms with van der Waals surface area (Å²) in [6.07, 6.45) is 2.83. The van der Waals surface area contributed by atoms with Crippen LogP contribution in [-0.4, -0.2) is 29.5 Å². The summed E-state index contributed by atoms with van der Waals surface area (Å²) < 4.78 is 5.85. The molecule has 4 nitrogen and oxygen atoms in total. The van der Waals surface area contributed by atoms with E-state index in [9.17, 15) is 0 Å². The van der Waals surface area contributed by atoms with Crippen molar-refractivity contribution in [3.05, 3.63) is 23.9 Å². The molecule has 0 spiro atoms. The first-order valence-corrected chi connectivity index (χ1v) is 5.99. The molecule has 1 aromatic heterocycles. The third kappa shape index (κ3) is 3.19. The molecule has 1 aliphatic heterocycles. The Morgan fingerprint density at radius 1 is 1.35 bits per heavy atom. The number of hydrogen-bond acceptors (Lipinski definition) is 4. The average molecular weight is 233 g/mol. The van der Waals surface area contributed by atoms with Crippen LogP contribution in [0.1, 0.15) is 32.8 Å². The second-order valence-electron chi connectivity index (χ2n) is 5.08. The number of rotatable bonds is 2. The minimum atomic E-state index is -0.252. The highest BCUT2D eigenvalue weighted by Crippen LogP contribution is 2.20. The maximum absolute atomic E-state index is 5.85. The third-order valence-corrected chi connectivity index (χ3v) is 2.33. The van der Waals surface area contributed by atoms with E-state index in [-0.39, 0.29) is 5.60 Å². The van der Waals surface area contributed by atoms with Gasteiger partial charge in [-0.05, 0) is 39.3 Å². The monoisotopic (exact) mass is 233 g/mol. The summed E-state index contributed by atoms with van der Waals surface area (Å²) in [5, 5.41) is 3.29. The van der Waals surface area contributed by atoms with Crippen molar-refractivity contribution >= 4 is 5.84 Å². The van der Waals surface area contributed by atoms with E-state index in [1.54, 1.807) is 6.20 Å². The number of aromatic nitrogens is 1. The first-order valence-electron chi connectivity index (χ1n) is 5.99. The predicted molar refractivity (Wildman–Crippen MR) is 68.6 cm³/mol. The lowest BCUT2D eigenvalue weighted by Gasteiger charge is -2.23. The minimum absolute atomic E-state index is 0.252. The number of ether oxygens (including phenoxy) is 1. The van der Waals surface area contributed by atoms with Gasteiger partial charge in [0.15, 0.2) is 0 Å². The Balaban J connectivity index is 2.30. The maximum atomic E-state index is 5.85. The Morgan fingerprint density at radius 3 is 2.82 bits per heavy atom. The number of nitrogens with zero attached hydrogens (tertiary/aromatic N) is 2. The normalized spacial score (nSPS) is 16.1. The molecule has 0 atom stereocenters. The zero-order valence-corrected chi connectivity index (χ0v) is 10.7. The molecule has 0 aliphatic carbocycles.